The molecule has 176 valence electrons. The van der Waals surface area contributed by atoms with Crippen molar-refractivity contribution in [2.45, 2.75) is 6.42 Å². The molecule has 10 nitrogen and oxygen atoms in total. The fourth-order valence-electron chi connectivity index (χ4n) is 3.31. The molecule has 10 heteroatoms. The molecule has 0 aliphatic carbocycles. The van der Waals surface area contributed by atoms with Crippen LogP contribution in [-0.2, 0) is 20.8 Å². The molecule has 0 bridgehead atoms. The molecule has 0 aromatic heterocycles. The van der Waals surface area contributed by atoms with Gasteiger partial charge < -0.3 is 19.3 Å². The van der Waals surface area contributed by atoms with E-state index < -0.39 is 30.4 Å². The van der Waals surface area contributed by atoms with E-state index in [4.69, 9.17) is 19.3 Å². The monoisotopic (exact) mass is 466 g/mol. The number of nitrogens with zero attached hydrogens (tertiary/aromatic N) is 1. The van der Waals surface area contributed by atoms with Gasteiger partial charge in [0.25, 0.3) is 11.8 Å². The number of allylic oxidation sites excluding steroid dienone is 1. The standard InChI is InChI=1S/C24H22N2O8/c1-4-5-15-10-14(12-19(33-3)21(15)34-13-20(27)28)11-18-22(29)25-24(31)26(23(18)30)16-6-8-17(32-2)9-7-16/h4,6-12H,1,5,13H2,2-3H3,(H,27,28)(H,25,29,31)/b18-11+. The number of carboxylic acids is 1. The van der Waals surface area contributed by atoms with Crippen molar-refractivity contribution in [3.8, 4) is 17.2 Å². The van der Waals surface area contributed by atoms with E-state index in [-0.39, 0.29) is 22.8 Å². The lowest BCUT2D eigenvalue weighted by Crippen LogP contribution is -2.54. The van der Waals surface area contributed by atoms with Gasteiger partial charge in [0.15, 0.2) is 18.1 Å². The van der Waals surface area contributed by atoms with Crippen LogP contribution in [0.3, 0.4) is 0 Å². The van der Waals surface area contributed by atoms with E-state index in [2.05, 4.69) is 11.9 Å². The van der Waals surface area contributed by atoms with Crippen LogP contribution in [0.15, 0.2) is 54.6 Å². The van der Waals surface area contributed by atoms with E-state index in [1.807, 2.05) is 0 Å². The number of benzene rings is 2. The number of hydrogen-bond donors (Lipinski definition) is 2. The van der Waals surface area contributed by atoms with Crippen molar-refractivity contribution >= 4 is 35.6 Å². The molecular formula is C24H22N2O8. The van der Waals surface area contributed by atoms with Crippen molar-refractivity contribution in [2.24, 2.45) is 0 Å². The summed E-state index contributed by atoms with van der Waals surface area (Å²) in [7, 11) is 2.86. The van der Waals surface area contributed by atoms with E-state index >= 15 is 0 Å². The summed E-state index contributed by atoms with van der Waals surface area (Å²) in [4.78, 5) is 49.8. The van der Waals surface area contributed by atoms with Crippen LogP contribution < -0.4 is 24.4 Å². The number of urea groups is 1. The van der Waals surface area contributed by atoms with Crippen LogP contribution in [0.2, 0.25) is 0 Å². The molecule has 1 saturated heterocycles. The van der Waals surface area contributed by atoms with Gasteiger partial charge in [-0.05, 0) is 54.5 Å². The summed E-state index contributed by atoms with van der Waals surface area (Å²) in [5.74, 6) is -1.87. The molecule has 2 aromatic rings. The number of imide groups is 2. The maximum atomic E-state index is 13.1. The summed E-state index contributed by atoms with van der Waals surface area (Å²) in [6, 6.07) is 8.43. The smallest absolute Gasteiger partial charge is 0.341 e. The van der Waals surface area contributed by atoms with Crippen LogP contribution in [0.5, 0.6) is 17.2 Å². The molecule has 34 heavy (non-hydrogen) atoms. The molecule has 4 amide bonds. The Morgan fingerprint density at radius 3 is 2.41 bits per heavy atom. The molecule has 1 fully saturated rings. The number of methoxy groups -OCH3 is 2. The predicted octanol–water partition coefficient (Wildman–Crippen LogP) is 2.56. The summed E-state index contributed by atoms with van der Waals surface area (Å²) < 4.78 is 15.8. The number of carbonyl (C=O) groups excluding carboxylic acids is 3. The van der Waals surface area contributed by atoms with Crippen LogP contribution in [0.4, 0.5) is 10.5 Å². The van der Waals surface area contributed by atoms with Gasteiger partial charge in [-0.2, -0.15) is 0 Å². The van der Waals surface area contributed by atoms with E-state index in [0.29, 0.717) is 23.3 Å². The summed E-state index contributed by atoms with van der Waals surface area (Å²) in [6.45, 7) is 3.10. The van der Waals surface area contributed by atoms with Crippen LogP contribution in [0, 0.1) is 0 Å². The second-order valence-electron chi connectivity index (χ2n) is 7.04. The topological polar surface area (TPSA) is 131 Å². The van der Waals surface area contributed by atoms with Gasteiger partial charge in [-0.3, -0.25) is 14.9 Å². The third kappa shape index (κ3) is 5.07. The highest BCUT2D eigenvalue weighted by Gasteiger charge is 2.37. The highest BCUT2D eigenvalue weighted by molar-refractivity contribution is 6.39. The predicted molar refractivity (Wildman–Crippen MR) is 122 cm³/mol. The van der Waals surface area contributed by atoms with Crippen molar-refractivity contribution in [2.75, 3.05) is 25.7 Å². The first-order valence-corrected chi connectivity index (χ1v) is 10.0. The van der Waals surface area contributed by atoms with Crippen LogP contribution in [0.25, 0.3) is 6.08 Å². The quantitative estimate of drug-likeness (QED) is 0.327. The number of barbiturate groups is 1. The molecule has 1 aliphatic heterocycles. The van der Waals surface area contributed by atoms with E-state index in [1.54, 1.807) is 24.3 Å². The highest BCUT2D eigenvalue weighted by atomic mass is 16.5. The summed E-state index contributed by atoms with van der Waals surface area (Å²) in [5.41, 5.74) is 0.915. The fourth-order valence-corrected chi connectivity index (χ4v) is 3.31. The number of carbonyl (C=O) groups is 4. The van der Waals surface area contributed by atoms with E-state index in [1.165, 1.54) is 38.5 Å². The largest absolute Gasteiger partial charge is 0.497 e. The second-order valence-corrected chi connectivity index (χ2v) is 7.04. The number of hydrogen-bond acceptors (Lipinski definition) is 7. The number of anilines is 1. The zero-order chi connectivity index (χ0) is 24.8. The summed E-state index contributed by atoms with van der Waals surface area (Å²) in [5, 5.41) is 11.1. The normalized spacial score (nSPS) is 14.6. The second kappa shape index (κ2) is 10.3. The van der Waals surface area contributed by atoms with E-state index in [0.717, 1.165) is 4.90 Å². The summed E-state index contributed by atoms with van der Waals surface area (Å²) in [6.07, 6.45) is 3.21. The molecule has 3 rings (SSSR count). The number of ether oxygens (including phenoxy) is 3. The average molecular weight is 466 g/mol. The Bertz CT molecular complexity index is 1180. The maximum Gasteiger partial charge on any atom is 0.341 e. The van der Waals surface area contributed by atoms with Gasteiger partial charge in [0.05, 0.1) is 19.9 Å². The zero-order valence-corrected chi connectivity index (χ0v) is 18.5. The number of rotatable bonds is 9. The van der Waals surface area contributed by atoms with Crippen molar-refractivity contribution in [1.29, 1.82) is 0 Å². The molecule has 2 N–H and O–H groups in total. The number of amides is 4. The minimum Gasteiger partial charge on any atom is -0.497 e. The van der Waals surface area contributed by atoms with Crippen molar-refractivity contribution < 1.29 is 38.5 Å². The Hall–Kier alpha value is -4.60. The van der Waals surface area contributed by atoms with Crippen LogP contribution >= 0.6 is 0 Å². The van der Waals surface area contributed by atoms with Gasteiger partial charge in [-0.15, -0.1) is 6.58 Å². The Morgan fingerprint density at radius 1 is 1.12 bits per heavy atom. The van der Waals surface area contributed by atoms with Gasteiger partial charge >= 0.3 is 12.0 Å². The Labute approximate surface area is 195 Å². The lowest BCUT2D eigenvalue weighted by molar-refractivity contribution is -0.139. The molecule has 0 radical (unpaired) electrons. The lowest BCUT2D eigenvalue weighted by atomic mass is 10.0. The lowest BCUT2D eigenvalue weighted by Gasteiger charge is -2.26. The van der Waals surface area contributed by atoms with Gasteiger partial charge in [0.1, 0.15) is 11.3 Å². The minimum atomic E-state index is -1.16. The first-order valence-electron chi connectivity index (χ1n) is 10.0. The van der Waals surface area contributed by atoms with Crippen molar-refractivity contribution in [1.82, 2.24) is 5.32 Å². The highest BCUT2D eigenvalue weighted by Crippen LogP contribution is 2.35. The molecule has 0 atom stereocenters. The van der Waals surface area contributed by atoms with Crippen LogP contribution in [0.1, 0.15) is 11.1 Å². The van der Waals surface area contributed by atoms with Gasteiger partial charge in [-0.1, -0.05) is 6.08 Å². The molecule has 0 saturated carbocycles. The third-order valence-electron chi connectivity index (χ3n) is 4.82. The Morgan fingerprint density at radius 2 is 1.82 bits per heavy atom. The molecule has 0 spiro atoms. The third-order valence-corrected chi connectivity index (χ3v) is 4.82. The van der Waals surface area contributed by atoms with Gasteiger partial charge in [-0.25, -0.2) is 14.5 Å². The fraction of sp³-hybridized carbons (Fsp3) is 0.167. The zero-order valence-electron chi connectivity index (χ0n) is 18.5. The van der Waals surface area contributed by atoms with Crippen molar-refractivity contribution in [3.63, 3.8) is 0 Å². The first-order chi connectivity index (χ1) is 16.3. The average Bonchev–Trinajstić information content (AvgIpc) is 2.81. The van der Waals surface area contributed by atoms with Crippen molar-refractivity contribution in [3.05, 3.63) is 65.8 Å². The number of aliphatic carboxylic acids is 1. The molecule has 1 heterocycles. The van der Waals surface area contributed by atoms with Gasteiger partial charge in [0, 0.05) is 5.56 Å². The first kappa shape index (κ1) is 24.1. The number of carboxylic acid groups (broad SMARTS) is 1. The molecular weight excluding hydrogens is 444 g/mol. The maximum absolute atomic E-state index is 13.1. The summed E-state index contributed by atoms with van der Waals surface area (Å²) >= 11 is 0. The van der Waals surface area contributed by atoms with Crippen LogP contribution in [-0.4, -0.2) is 49.7 Å². The molecule has 0 unspecified atom stereocenters. The number of nitrogens with one attached hydrogen (secondary N) is 1. The SMILES string of the molecule is C=CCc1cc(/C=C2\C(=O)NC(=O)N(c3ccc(OC)cc3)C2=O)cc(OC)c1OCC(=O)O. The molecule has 2 aromatic carbocycles. The Balaban J connectivity index is 2.03. The minimum absolute atomic E-state index is 0.208. The van der Waals surface area contributed by atoms with Gasteiger partial charge in [0.2, 0.25) is 0 Å². The Kier molecular flexibility index (Phi) is 7.32. The van der Waals surface area contributed by atoms with E-state index in [9.17, 15) is 19.2 Å². The molecule has 1 aliphatic rings.